The number of aryl methyl sites for hydroxylation is 2. The summed E-state index contributed by atoms with van der Waals surface area (Å²) < 4.78 is 60.5. The van der Waals surface area contributed by atoms with E-state index in [1.807, 2.05) is 54.6 Å². The van der Waals surface area contributed by atoms with Crippen molar-refractivity contribution in [3.63, 3.8) is 0 Å². The second kappa shape index (κ2) is 19.5. The first-order valence-corrected chi connectivity index (χ1v) is 24.6. The van der Waals surface area contributed by atoms with E-state index in [1.165, 1.54) is 56.6 Å². The highest BCUT2D eigenvalue weighted by Crippen LogP contribution is 2.56. The molecule has 342 valence electrons. The van der Waals surface area contributed by atoms with Gasteiger partial charge in [0.2, 0.25) is 0 Å². The maximum atomic E-state index is 15.5. The van der Waals surface area contributed by atoms with Crippen LogP contribution in [0.2, 0.25) is 0 Å². The van der Waals surface area contributed by atoms with E-state index in [0.717, 1.165) is 16.7 Å². The quantitative estimate of drug-likeness (QED) is 0.108. The average molecular weight is 939 g/mol. The molecule has 0 aliphatic carbocycles. The summed E-state index contributed by atoms with van der Waals surface area (Å²) in [5, 5.41) is 0. The fraction of sp³-hybridized carbons (Fsp3) is 0.395. The highest BCUT2D eigenvalue weighted by atomic mass is 35.7. The van der Waals surface area contributed by atoms with E-state index in [0.29, 0.717) is 5.56 Å². The zero-order valence-corrected chi connectivity index (χ0v) is 38.9. The number of hydrogen-bond acceptors (Lipinski definition) is 11. The van der Waals surface area contributed by atoms with Gasteiger partial charge in [-0.15, -0.1) is 0 Å². The zero-order chi connectivity index (χ0) is 46.0. The van der Waals surface area contributed by atoms with Crippen molar-refractivity contribution < 1.29 is 27.7 Å². The number of nitrogens with zero attached hydrogens (tertiary/aromatic N) is 6. The van der Waals surface area contributed by atoms with E-state index < -0.39 is 67.2 Å². The lowest BCUT2D eigenvalue weighted by Crippen LogP contribution is -2.58. The van der Waals surface area contributed by atoms with Crippen molar-refractivity contribution in [3.8, 4) is 0 Å². The van der Waals surface area contributed by atoms with Gasteiger partial charge in [0, 0.05) is 43.2 Å². The van der Waals surface area contributed by atoms with Gasteiger partial charge in [-0.2, -0.15) is 0 Å². The number of benzene rings is 3. The topological polar surface area (TPSA) is 194 Å². The predicted molar refractivity (Wildman–Crippen MR) is 243 cm³/mol. The minimum atomic E-state index is -4.08. The molecular weight excluding hydrogens is 886 g/mol. The van der Waals surface area contributed by atoms with E-state index in [4.69, 9.17) is 29.8 Å². The van der Waals surface area contributed by atoms with Gasteiger partial charge in [-0.05, 0) is 70.0 Å². The fourth-order valence-electron chi connectivity index (χ4n) is 8.19. The van der Waals surface area contributed by atoms with Gasteiger partial charge in [0.25, 0.3) is 11.1 Å². The molecule has 7 rings (SSSR count). The largest absolute Gasteiger partial charge is 0.362 e. The van der Waals surface area contributed by atoms with E-state index in [1.54, 1.807) is 21.0 Å². The van der Waals surface area contributed by atoms with E-state index in [2.05, 4.69) is 51.3 Å². The molecule has 18 nitrogen and oxygen atoms in total. The molecule has 64 heavy (non-hydrogen) atoms. The van der Waals surface area contributed by atoms with Gasteiger partial charge < -0.3 is 18.5 Å². The molecule has 2 aromatic heterocycles. The van der Waals surface area contributed by atoms with Gasteiger partial charge in [-0.1, -0.05) is 91.0 Å². The minimum Gasteiger partial charge on any atom is -0.350 e. The lowest BCUT2D eigenvalue weighted by molar-refractivity contribution is -0.150. The maximum absolute atomic E-state index is 15.5. The Bertz CT molecular complexity index is 2660. The first kappa shape index (κ1) is 47.4. The molecule has 2 unspecified atom stereocenters. The van der Waals surface area contributed by atoms with Crippen molar-refractivity contribution in [3.05, 3.63) is 173 Å². The molecule has 2 N–H and O–H groups in total. The Labute approximate surface area is 374 Å². The summed E-state index contributed by atoms with van der Waals surface area (Å²) in [5.41, 5.74) is -0.116. The lowest BCUT2D eigenvalue weighted by atomic mass is 9.75. The Morgan fingerprint density at radius 3 is 1.50 bits per heavy atom. The second-order valence-corrected chi connectivity index (χ2v) is 22.0. The minimum absolute atomic E-state index is 0.0706. The van der Waals surface area contributed by atoms with Crippen LogP contribution in [0.5, 0.6) is 0 Å². The van der Waals surface area contributed by atoms with Crippen molar-refractivity contribution >= 4 is 25.8 Å². The molecule has 0 bridgehead atoms. The van der Waals surface area contributed by atoms with Gasteiger partial charge in [-0.25, -0.2) is 23.6 Å². The van der Waals surface area contributed by atoms with Gasteiger partial charge in [0.05, 0.1) is 37.5 Å². The van der Waals surface area contributed by atoms with Crippen LogP contribution in [0, 0.1) is 13.8 Å². The number of ether oxygens (including phenoxy) is 2. The highest BCUT2D eigenvalue weighted by molar-refractivity contribution is 7.83. The SMILES string of the molecule is Cc1cn([C@H]2CN(C(c3ccccc3)(c3ccccc3)c3ccccc3)C[C@@H](COP(=O)(N(C)C)N3C[C@@H](COP(=O)(Cl)N(C)C)O[C@@H](n4cc(C)c(=O)[nH]c4=O)C3)O2)c(=O)[nH]c1=O. The number of halogens is 1. The third kappa shape index (κ3) is 9.69. The van der Waals surface area contributed by atoms with Crippen LogP contribution in [-0.4, -0.2) is 118 Å². The summed E-state index contributed by atoms with van der Waals surface area (Å²) in [5.74, 6) is 0. The number of nitrogens with one attached hydrogen (secondary N) is 2. The molecule has 4 heterocycles. The summed E-state index contributed by atoms with van der Waals surface area (Å²) in [7, 11) is 2.10. The van der Waals surface area contributed by atoms with Gasteiger partial charge in [0.15, 0.2) is 12.5 Å². The Morgan fingerprint density at radius 2 is 1.06 bits per heavy atom. The zero-order valence-electron chi connectivity index (χ0n) is 36.4. The van der Waals surface area contributed by atoms with Crippen LogP contribution in [0.25, 0.3) is 0 Å². The van der Waals surface area contributed by atoms with Crippen LogP contribution in [0.15, 0.2) is 123 Å². The molecule has 0 radical (unpaired) electrons. The third-order valence-electron chi connectivity index (χ3n) is 11.4. The van der Waals surface area contributed by atoms with Gasteiger partial charge in [0.1, 0.15) is 0 Å². The third-order valence-corrected chi connectivity index (χ3v) is 16.6. The maximum Gasteiger partial charge on any atom is 0.362 e. The van der Waals surface area contributed by atoms with Crippen molar-refractivity contribution in [2.75, 3.05) is 67.6 Å². The number of H-pyrrole nitrogens is 2. The first-order valence-electron chi connectivity index (χ1n) is 20.6. The van der Waals surface area contributed by atoms with Gasteiger partial charge in [-0.3, -0.25) is 42.7 Å². The average Bonchev–Trinajstić information content (AvgIpc) is 3.28. The Balaban J connectivity index is 1.29. The number of rotatable bonds is 15. The summed E-state index contributed by atoms with van der Waals surface area (Å²) in [6, 6.07) is 30.0. The van der Waals surface area contributed by atoms with Crippen LogP contribution in [0.3, 0.4) is 0 Å². The molecule has 2 aliphatic heterocycles. The summed E-state index contributed by atoms with van der Waals surface area (Å²) in [4.78, 5) is 58.6. The molecule has 2 aliphatic rings. The molecule has 5 aromatic rings. The fourth-order valence-corrected chi connectivity index (χ4v) is 10.9. The van der Waals surface area contributed by atoms with E-state index in [-0.39, 0.29) is 45.0 Å². The number of morpholine rings is 2. The molecule has 21 heteroatoms. The van der Waals surface area contributed by atoms with Gasteiger partial charge >= 0.3 is 25.9 Å². The van der Waals surface area contributed by atoms with E-state index in [9.17, 15) is 23.7 Å². The standard InChI is InChI=1S/C43H53ClN8O10P2/c1-30-22-51(41(55)45-39(30)53)37-26-49(43(32-16-10-7-11-17-32,33-18-12-8-13-19-33)34-20-14-9-15-21-34)24-35(61-37)29-60-64(58,48(5)6)50-25-36(28-59-63(44,57)47(3)4)62-38(27-50)52-23-31(2)40(54)46-42(52)56/h7-23,35-38H,24-29H2,1-6H3,(H,45,53,55)(H,46,54,56)/t35-,36-,37+,38+,63?,64?/m0/s1. The van der Waals surface area contributed by atoms with Crippen LogP contribution >= 0.6 is 25.8 Å². The molecule has 2 fully saturated rings. The predicted octanol–water partition coefficient (Wildman–Crippen LogP) is 4.71. The van der Waals surface area contributed by atoms with Crippen molar-refractivity contribution in [1.29, 1.82) is 0 Å². The molecule has 0 spiro atoms. The smallest absolute Gasteiger partial charge is 0.350 e. The summed E-state index contributed by atoms with van der Waals surface area (Å²) in [6.45, 7) is -1.03. The Morgan fingerprint density at radius 1 is 0.641 bits per heavy atom. The number of aromatic nitrogens is 4. The molecule has 3 aromatic carbocycles. The van der Waals surface area contributed by atoms with Crippen molar-refractivity contribution in [1.82, 2.24) is 38.0 Å². The van der Waals surface area contributed by atoms with E-state index >= 15 is 4.57 Å². The van der Waals surface area contributed by atoms with Crippen LogP contribution in [-0.2, 0) is 33.2 Å². The first-order chi connectivity index (χ1) is 30.4. The molecule has 6 atom stereocenters. The van der Waals surface area contributed by atoms with Crippen LogP contribution in [0.4, 0.5) is 0 Å². The molecule has 2 saturated heterocycles. The second-order valence-electron chi connectivity index (χ2n) is 16.2. The molecular formula is C43H53ClN8O10P2. The normalized spacial score (nSPS) is 22.0. The Hall–Kier alpha value is -4.55. The highest BCUT2D eigenvalue weighted by Gasteiger charge is 2.48. The summed E-state index contributed by atoms with van der Waals surface area (Å²) >= 11 is 6.21. The van der Waals surface area contributed by atoms with Crippen molar-refractivity contribution in [2.45, 2.75) is 44.1 Å². The lowest BCUT2D eigenvalue weighted by Gasteiger charge is -2.51. The number of hydrogen-bond donors (Lipinski definition) is 2. The Kier molecular flexibility index (Phi) is 14.5. The van der Waals surface area contributed by atoms with Crippen LogP contribution in [0.1, 0.15) is 40.3 Å². The van der Waals surface area contributed by atoms with Crippen molar-refractivity contribution in [2.24, 2.45) is 0 Å². The monoisotopic (exact) mass is 938 g/mol. The summed E-state index contributed by atoms with van der Waals surface area (Å²) in [6.07, 6.45) is -1.03. The molecule has 0 saturated carbocycles. The molecule has 0 amide bonds. The van der Waals surface area contributed by atoms with Crippen LogP contribution < -0.4 is 22.5 Å². The number of aromatic amines is 2.